The van der Waals surface area contributed by atoms with Crippen molar-refractivity contribution < 1.29 is 9.18 Å². The Morgan fingerprint density at radius 1 is 1.39 bits per heavy atom. The second kappa shape index (κ2) is 4.72. The highest BCUT2D eigenvalue weighted by Gasteiger charge is 2.14. The zero-order valence-corrected chi connectivity index (χ0v) is 10.7. The normalized spacial score (nSPS) is 10.7. The number of benzene rings is 1. The summed E-state index contributed by atoms with van der Waals surface area (Å²) in [6, 6.07) is 4.40. The molecule has 0 atom stereocenters. The van der Waals surface area contributed by atoms with Crippen LogP contribution in [0.25, 0.3) is 5.69 Å². The van der Waals surface area contributed by atoms with Gasteiger partial charge < -0.3 is 0 Å². The summed E-state index contributed by atoms with van der Waals surface area (Å²) >= 11 is 0. The van der Waals surface area contributed by atoms with Crippen LogP contribution in [0.5, 0.6) is 0 Å². The molecule has 0 aliphatic carbocycles. The number of carbonyl (C=O) groups excluding carboxylic acids is 1. The third-order valence-electron chi connectivity index (χ3n) is 3.13. The Balaban J connectivity index is 2.59. The monoisotopic (exact) mass is 246 g/mol. The van der Waals surface area contributed by atoms with E-state index in [9.17, 15) is 9.18 Å². The number of rotatable bonds is 3. The number of hydrogen-bond donors (Lipinski definition) is 0. The minimum Gasteiger partial charge on any atom is -0.298 e. The molecule has 3 nitrogen and oxygen atoms in total. The number of nitrogens with zero attached hydrogens (tertiary/aromatic N) is 2. The van der Waals surface area contributed by atoms with Crippen LogP contribution in [0.1, 0.15) is 34.2 Å². The molecule has 2 rings (SSSR count). The first-order valence-corrected chi connectivity index (χ1v) is 5.88. The molecule has 4 heteroatoms. The summed E-state index contributed by atoms with van der Waals surface area (Å²) in [7, 11) is 0. The molecule has 0 aliphatic heterocycles. The third-order valence-corrected chi connectivity index (χ3v) is 3.13. The molecule has 1 aromatic carbocycles. The molecule has 0 spiro atoms. The summed E-state index contributed by atoms with van der Waals surface area (Å²) in [4.78, 5) is 10.6. The average Bonchev–Trinajstić information content (AvgIpc) is 2.64. The summed E-state index contributed by atoms with van der Waals surface area (Å²) < 4.78 is 15.5. The van der Waals surface area contributed by atoms with Crippen molar-refractivity contribution in [3.8, 4) is 5.69 Å². The summed E-state index contributed by atoms with van der Waals surface area (Å²) in [6.07, 6.45) is 1.50. The molecule has 0 bridgehead atoms. The van der Waals surface area contributed by atoms with Crippen molar-refractivity contribution in [2.24, 2.45) is 0 Å². The highest BCUT2D eigenvalue weighted by molar-refractivity contribution is 5.75. The number of carbonyl (C=O) groups is 1. The van der Waals surface area contributed by atoms with E-state index in [1.807, 2.05) is 20.8 Å². The minimum atomic E-state index is -0.437. The summed E-state index contributed by atoms with van der Waals surface area (Å²) in [5, 5.41) is 4.36. The van der Waals surface area contributed by atoms with Crippen molar-refractivity contribution in [1.82, 2.24) is 9.78 Å². The fraction of sp³-hybridized carbons (Fsp3) is 0.286. The van der Waals surface area contributed by atoms with Crippen LogP contribution in [0.3, 0.4) is 0 Å². The van der Waals surface area contributed by atoms with Crippen LogP contribution in [0.2, 0.25) is 0 Å². The number of aldehydes is 1. The standard InChI is InChI=1S/C14H15FN2O/c1-4-12-9(2)16-17(10(12)3)14-6-5-11(8-18)7-13(14)15/h5-8H,4H2,1-3H3. The van der Waals surface area contributed by atoms with E-state index in [1.165, 1.54) is 6.07 Å². The topological polar surface area (TPSA) is 34.9 Å². The van der Waals surface area contributed by atoms with Gasteiger partial charge >= 0.3 is 0 Å². The van der Waals surface area contributed by atoms with E-state index < -0.39 is 5.82 Å². The van der Waals surface area contributed by atoms with Crippen LogP contribution in [0.4, 0.5) is 4.39 Å². The van der Waals surface area contributed by atoms with Gasteiger partial charge in [0.15, 0.2) is 0 Å². The Kier molecular flexibility index (Phi) is 3.28. The zero-order chi connectivity index (χ0) is 13.3. The lowest BCUT2D eigenvalue weighted by molar-refractivity contribution is 0.112. The highest BCUT2D eigenvalue weighted by Crippen LogP contribution is 2.20. The average molecular weight is 246 g/mol. The Labute approximate surface area is 105 Å². The van der Waals surface area contributed by atoms with E-state index >= 15 is 0 Å². The fourth-order valence-electron chi connectivity index (χ4n) is 2.19. The maximum absolute atomic E-state index is 13.9. The van der Waals surface area contributed by atoms with Crippen molar-refractivity contribution in [2.75, 3.05) is 0 Å². The summed E-state index contributed by atoms with van der Waals surface area (Å²) in [5.41, 5.74) is 3.69. The second-order valence-corrected chi connectivity index (χ2v) is 4.24. The fourth-order valence-corrected chi connectivity index (χ4v) is 2.19. The predicted octanol–water partition coefficient (Wildman–Crippen LogP) is 3.00. The van der Waals surface area contributed by atoms with Gasteiger partial charge in [0.2, 0.25) is 0 Å². The van der Waals surface area contributed by atoms with Crippen molar-refractivity contribution in [3.05, 3.63) is 46.5 Å². The van der Waals surface area contributed by atoms with Crippen molar-refractivity contribution >= 4 is 6.29 Å². The Morgan fingerprint density at radius 3 is 2.61 bits per heavy atom. The molecule has 0 aliphatic rings. The lowest BCUT2D eigenvalue weighted by Crippen LogP contribution is -2.03. The van der Waals surface area contributed by atoms with Gasteiger partial charge in [-0.2, -0.15) is 5.10 Å². The highest BCUT2D eigenvalue weighted by atomic mass is 19.1. The van der Waals surface area contributed by atoms with Gasteiger partial charge in [-0.1, -0.05) is 6.92 Å². The molecule has 18 heavy (non-hydrogen) atoms. The molecule has 0 saturated heterocycles. The van der Waals surface area contributed by atoms with Crippen LogP contribution in [-0.4, -0.2) is 16.1 Å². The Hall–Kier alpha value is -1.97. The van der Waals surface area contributed by atoms with E-state index in [4.69, 9.17) is 0 Å². The maximum Gasteiger partial charge on any atom is 0.150 e. The molecule has 0 unspecified atom stereocenters. The van der Waals surface area contributed by atoms with Gasteiger partial charge in [-0.25, -0.2) is 9.07 Å². The Bertz CT molecular complexity index is 602. The van der Waals surface area contributed by atoms with Gasteiger partial charge in [0.05, 0.1) is 5.69 Å². The number of halogens is 1. The molecule has 0 N–H and O–H groups in total. The SMILES string of the molecule is CCc1c(C)nn(-c2ccc(C=O)cc2F)c1C. The molecular formula is C14H15FN2O. The molecule has 0 amide bonds. The van der Waals surface area contributed by atoms with E-state index in [2.05, 4.69) is 5.10 Å². The first-order valence-electron chi connectivity index (χ1n) is 5.88. The number of aromatic nitrogens is 2. The molecular weight excluding hydrogens is 231 g/mol. The molecule has 2 aromatic rings. The number of aryl methyl sites for hydroxylation is 1. The van der Waals surface area contributed by atoms with Crippen LogP contribution < -0.4 is 0 Å². The van der Waals surface area contributed by atoms with Gasteiger partial charge in [-0.15, -0.1) is 0 Å². The van der Waals surface area contributed by atoms with E-state index in [0.29, 0.717) is 17.5 Å². The van der Waals surface area contributed by atoms with Crippen molar-refractivity contribution in [2.45, 2.75) is 27.2 Å². The minimum absolute atomic E-state index is 0.327. The van der Waals surface area contributed by atoms with Crippen LogP contribution in [-0.2, 0) is 6.42 Å². The van der Waals surface area contributed by atoms with Crippen molar-refractivity contribution in [1.29, 1.82) is 0 Å². The predicted molar refractivity (Wildman–Crippen MR) is 67.8 cm³/mol. The second-order valence-electron chi connectivity index (χ2n) is 4.24. The van der Waals surface area contributed by atoms with Crippen LogP contribution in [0, 0.1) is 19.7 Å². The van der Waals surface area contributed by atoms with Gasteiger partial charge in [0.1, 0.15) is 17.8 Å². The molecule has 0 saturated carbocycles. The third kappa shape index (κ3) is 1.94. The van der Waals surface area contributed by atoms with Crippen molar-refractivity contribution in [3.63, 3.8) is 0 Å². The molecule has 0 radical (unpaired) electrons. The molecule has 1 heterocycles. The molecule has 94 valence electrons. The van der Waals surface area contributed by atoms with Crippen LogP contribution >= 0.6 is 0 Å². The molecule has 1 aromatic heterocycles. The lowest BCUT2D eigenvalue weighted by atomic mass is 10.1. The lowest BCUT2D eigenvalue weighted by Gasteiger charge is -2.06. The quantitative estimate of drug-likeness (QED) is 0.780. The first-order chi connectivity index (χ1) is 8.58. The maximum atomic E-state index is 13.9. The van der Waals surface area contributed by atoms with Gasteiger partial charge in [0.25, 0.3) is 0 Å². The summed E-state index contributed by atoms with van der Waals surface area (Å²) in [6.45, 7) is 5.89. The Morgan fingerprint density at radius 2 is 2.11 bits per heavy atom. The zero-order valence-electron chi connectivity index (χ0n) is 10.7. The first kappa shape index (κ1) is 12.5. The number of hydrogen-bond acceptors (Lipinski definition) is 2. The van der Waals surface area contributed by atoms with Gasteiger partial charge in [0, 0.05) is 11.3 Å². The van der Waals surface area contributed by atoms with E-state index in [-0.39, 0.29) is 0 Å². The van der Waals surface area contributed by atoms with E-state index in [1.54, 1.807) is 16.8 Å². The largest absolute Gasteiger partial charge is 0.298 e. The molecule has 0 fully saturated rings. The van der Waals surface area contributed by atoms with Gasteiger partial charge in [-0.05, 0) is 44.0 Å². The van der Waals surface area contributed by atoms with E-state index in [0.717, 1.165) is 23.4 Å². The van der Waals surface area contributed by atoms with Crippen LogP contribution in [0.15, 0.2) is 18.2 Å². The van der Waals surface area contributed by atoms with Gasteiger partial charge in [-0.3, -0.25) is 4.79 Å². The summed E-state index contributed by atoms with van der Waals surface area (Å²) in [5.74, 6) is -0.437. The smallest absolute Gasteiger partial charge is 0.150 e.